The molecule has 21 heavy (non-hydrogen) atoms. The molecule has 1 aromatic rings. The zero-order valence-electron chi connectivity index (χ0n) is 13.2. The number of nitrogens with two attached hydrogens (primary N) is 1. The molecule has 1 aromatic carbocycles. The number of benzene rings is 1. The normalized spacial score (nSPS) is 12.6. The molecule has 5 nitrogen and oxygen atoms in total. The van der Waals surface area contributed by atoms with Gasteiger partial charge in [0, 0.05) is 6.54 Å². The Hall–Kier alpha value is -1.27. The van der Waals surface area contributed by atoms with Gasteiger partial charge in [-0.25, -0.2) is 13.1 Å². The van der Waals surface area contributed by atoms with E-state index in [-0.39, 0.29) is 17.8 Å². The van der Waals surface area contributed by atoms with E-state index in [0.29, 0.717) is 23.9 Å². The Bertz CT molecular complexity index is 554. The third kappa shape index (κ3) is 5.93. The summed E-state index contributed by atoms with van der Waals surface area (Å²) in [4.78, 5) is 0. The second-order valence-electron chi connectivity index (χ2n) is 6.17. The lowest BCUT2D eigenvalue weighted by Crippen LogP contribution is -2.38. The van der Waals surface area contributed by atoms with Crippen molar-refractivity contribution >= 4 is 15.7 Å². The predicted molar refractivity (Wildman–Crippen MR) is 86.8 cm³/mol. The molecule has 0 radical (unpaired) electrons. The van der Waals surface area contributed by atoms with Crippen molar-refractivity contribution < 1.29 is 13.2 Å². The summed E-state index contributed by atoms with van der Waals surface area (Å²) in [7, 11) is -3.35. The molecule has 1 rings (SSSR count). The van der Waals surface area contributed by atoms with Gasteiger partial charge in [-0.15, -0.1) is 0 Å². The average Bonchev–Trinajstić information content (AvgIpc) is 2.39. The van der Waals surface area contributed by atoms with Gasteiger partial charge in [0.25, 0.3) is 0 Å². The molecular weight excluding hydrogens is 288 g/mol. The van der Waals surface area contributed by atoms with Crippen molar-refractivity contribution in [1.29, 1.82) is 0 Å². The summed E-state index contributed by atoms with van der Waals surface area (Å²) >= 11 is 0. The van der Waals surface area contributed by atoms with Gasteiger partial charge < -0.3 is 10.5 Å². The maximum Gasteiger partial charge on any atom is 0.214 e. The molecule has 0 heterocycles. The van der Waals surface area contributed by atoms with Crippen molar-refractivity contribution in [3.63, 3.8) is 0 Å². The van der Waals surface area contributed by atoms with Crippen LogP contribution in [0.15, 0.2) is 24.3 Å². The van der Waals surface area contributed by atoms with Crippen LogP contribution < -0.4 is 15.2 Å². The molecule has 0 aliphatic heterocycles. The monoisotopic (exact) mass is 314 g/mol. The molecule has 0 aliphatic carbocycles. The molecule has 0 saturated carbocycles. The minimum Gasteiger partial charge on any atom is -0.490 e. The smallest absolute Gasteiger partial charge is 0.214 e. The molecule has 0 bridgehead atoms. The van der Waals surface area contributed by atoms with Crippen molar-refractivity contribution in [3.8, 4) is 5.75 Å². The molecule has 0 aliphatic rings. The van der Waals surface area contributed by atoms with E-state index >= 15 is 0 Å². The summed E-state index contributed by atoms with van der Waals surface area (Å²) in [6.07, 6.45) is 0. The average molecular weight is 314 g/mol. The maximum absolute atomic E-state index is 12.0. The molecule has 6 heteroatoms. The first-order chi connectivity index (χ1) is 9.64. The second kappa shape index (κ2) is 7.13. The Balaban J connectivity index is 2.45. The molecule has 3 N–H and O–H groups in total. The van der Waals surface area contributed by atoms with E-state index < -0.39 is 10.0 Å². The highest BCUT2D eigenvalue weighted by molar-refractivity contribution is 7.89. The number of sulfonamides is 1. The number of nitrogen functional groups attached to an aromatic ring is 1. The van der Waals surface area contributed by atoms with Crippen molar-refractivity contribution in [1.82, 2.24) is 4.72 Å². The fourth-order valence-electron chi connectivity index (χ4n) is 1.45. The highest BCUT2D eigenvalue weighted by Crippen LogP contribution is 2.25. The third-order valence-electron chi connectivity index (χ3n) is 3.84. The van der Waals surface area contributed by atoms with Crippen LogP contribution in [0.3, 0.4) is 0 Å². The lowest BCUT2D eigenvalue weighted by Gasteiger charge is -2.29. The highest BCUT2D eigenvalue weighted by Gasteiger charge is 2.24. The number of hydrogen-bond donors (Lipinski definition) is 2. The molecule has 0 spiro atoms. The number of hydrogen-bond acceptors (Lipinski definition) is 4. The summed E-state index contributed by atoms with van der Waals surface area (Å²) in [5.41, 5.74) is 6.15. The lowest BCUT2D eigenvalue weighted by molar-refractivity contribution is 0.252. The molecular formula is C15H26N2O3S. The molecule has 0 fully saturated rings. The van der Waals surface area contributed by atoms with Crippen LogP contribution in [0, 0.1) is 11.3 Å². The first-order valence-corrected chi connectivity index (χ1v) is 8.74. The van der Waals surface area contributed by atoms with Crippen molar-refractivity contribution in [3.05, 3.63) is 24.3 Å². The second-order valence-corrected chi connectivity index (χ2v) is 8.10. The van der Waals surface area contributed by atoms with E-state index in [1.165, 1.54) is 0 Å². The zero-order chi connectivity index (χ0) is 16.1. The third-order valence-corrected chi connectivity index (χ3v) is 5.13. The van der Waals surface area contributed by atoms with E-state index in [0.717, 1.165) is 0 Å². The fourth-order valence-corrected chi connectivity index (χ4v) is 2.48. The summed E-state index contributed by atoms with van der Waals surface area (Å²) in [6, 6.07) is 7.03. The van der Waals surface area contributed by atoms with E-state index in [9.17, 15) is 8.42 Å². The molecule has 0 atom stereocenters. The van der Waals surface area contributed by atoms with Gasteiger partial charge in [0.2, 0.25) is 10.0 Å². The summed E-state index contributed by atoms with van der Waals surface area (Å²) in [6.45, 7) is 8.74. The highest BCUT2D eigenvalue weighted by atomic mass is 32.2. The van der Waals surface area contributed by atoms with Gasteiger partial charge in [0.15, 0.2) is 0 Å². The number of nitrogens with one attached hydrogen (secondary N) is 1. The predicted octanol–water partition coefficient (Wildman–Crippen LogP) is 2.25. The van der Waals surface area contributed by atoms with Gasteiger partial charge in [-0.3, -0.25) is 0 Å². The van der Waals surface area contributed by atoms with Gasteiger partial charge >= 0.3 is 0 Å². The van der Waals surface area contributed by atoms with Crippen LogP contribution >= 0.6 is 0 Å². The van der Waals surface area contributed by atoms with Crippen LogP contribution in [-0.2, 0) is 10.0 Å². The SMILES string of the molecule is CC(C)C(C)(C)CNS(=O)(=O)CCOc1ccccc1N. The van der Waals surface area contributed by atoms with Crippen LogP contribution in [-0.4, -0.2) is 27.3 Å². The fraction of sp³-hybridized carbons (Fsp3) is 0.600. The van der Waals surface area contributed by atoms with Crippen LogP contribution in [0.1, 0.15) is 27.7 Å². The van der Waals surface area contributed by atoms with Gasteiger partial charge in [-0.1, -0.05) is 39.8 Å². The standard InChI is InChI=1S/C15H26N2O3S/c1-12(2)15(3,4)11-17-21(18,19)10-9-20-14-8-6-5-7-13(14)16/h5-8,12,17H,9-11,16H2,1-4H3. The number of ether oxygens (including phenoxy) is 1. The Morgan fingerprint density at radius 3 is 2.48 bits per heavy atom. The van der Waals surface area contributed by atoms with E-state index in [1.54, 1.807) is 24.3 Å². The van der Waals surface area contributed by atoms with Crippen LogP contribution in [0.25, 0.3) is 0 Å². The van der Waals surface area contributed by atoms with Crippen LogP contribution in [0.2, 0.25) is 0 Å². The van der Waals surface area contributed by atoms with E-state index in [2.05, 4.69) is 18.6 Å². The van der Waals surface area contributed by atoms with Gasteiger partial charge in [0.05, 0.1) is 11.4 Å². The first kappa shape index (κ1) is 17.8. The topological polar surface area (TPSA) is 81.4 Å². The lowest BCUT2D eigenvalue weighted by atomic mass is 9.81. The number of rotatable bonds is 8. The summed E-state index contributed by atoms with van der Waals surface area (Å²) in [5.74, 6) is 0.811. The molecule has 0 saturated heterocycles. The Morgan fingerprint density at radius 2 is 1.90 bits per heavy atom. The largest absolute Gasteiger partial charge is 0.490 e. The van der Waals surface area contributed by atoms with Crippen molar-refractivity contribution in [2.75, 3.05) is 24.6 Å². The minimum absolute atomic E-state index is 0.0751. The molecule has 0 amide bonds. The van der Waals surface area contributed by atoms with E-state index in [1.807, 2.05) is 13.8 Å². The van der Waals surface area contributed by atoms with Crippen molar-refractivity contribution in [2.45, 2.75) is 27.7 Å². The zero-order valence-corrected chi connectivity index (χ0v) is 14.0. The van der Waals surface area contributed by atoms with E-state index in [4.69, 9.17) is 10.5 Å². The Morgan fingerprint density at radius 1 is 1.29 bits per heavy atom. The maximum atomic E-state index is 12.0. The van der Waals surface area contributed by atoms with Gasteiger partial charge in [-0.05, 0) is 23.5 Å². The minimum atomic E-state index is -3.35. The van der Waals surface area contributed by atoms with Crippen LogP contribution in [0.5, 0.6) is 5.75 Å². The van der Waals surface area contributed by atoms with Gasteiger partial charge in [-0.2, -0.15) is 0 Å². The van der Waals surface area contributed by atoms with Gasteiger partial charge in [0.1, 0.15) is 12.4 Å². The first-order valence-electron chi connectivity index (χ1n) is 7.09. The van der Waals surface area contributed by atoms with Crippen molar-refractivity contribution in [2.24, 2.45) is 11.3 Å². The number of anilines is 1. The molecule has 0 aromatic heterocycles. The Labute approximate surface area is 127 Å². The summed E-state index contributed by atoms with van der Waals surface area (Å²) < 4.78 is 32.0. The number of para-hydroxylation sites is 2. The summed E-state index contributed by atoms with van der Waals surface area (Å²) in [5, 5.41) is 0. The molecule has 0 unspecified atom stereocenters. The quantitative estimate of drug-likeness (QED) is 0.721. The Kier molecular flexibility index (Phi) is 6.04. The van der Waals surface area contributed by atoms with Crippen LogP contribution in [0.4, 0.5) is 5.69 Å². The molecule has 120 valence electrons.